The van der Waals surface area contributed by atoms with Gasteiger partial charge in [0.1, 0.15) is 11.4 Å². The number of amides is 1. The molecule has 1 saturated carbocycles. The first-order valence-corrected chi connectivity index (χ1v) is 8.50. The Morgan fingerprint density at radius 1 is 1.21 bits per heavy atom. The summed E-state index contributed by atoms with van der Waals surface area (Å²) < 4.78 is 19.4. The van der Waals surface area contributed by atoms with Crippen molar-refractivity contribution in [1.29, 1.82) is 0 Å². The van der Waals surface area contributed by atoms with Crippen molar-refractivity contribution >= 4 is 11.9 Å². The van der Waals surface area contributed by atoms with E-state index in [9.17, 15) is 14.0 Å². The minimum absolute atomic E-state index is 0.0898. The number of carbonyl (C=O) groups excluding carboxylic acids is 2. The monoisotopic (exact) mass is 331 g/mol. The van der Waals surface area contributed by atoms with E-state index < -0.39 is 11.6 Å². The molecule has 128 valence electrons. The van der Waals surface area contributed by atoms with Gasteiger partial charge in [-0.3, -0.25) is 4.79 Å². The number of carbonyl (C=O) groups is 2. The number of halogens is 1. The lowest BCUT2D eigenvalue weighted by Gasteiger charge is -2.29. The van der Waals surface area contributed by atoms with Gasteiger partial charge in [0.25, 0.3) is 5.91 Å². The predicted octanol–water partition coefficient (Wildman–Crippen LogP) is 3.41. The first-order chi connectivity index (χ1) is 11.5. The third-order valence-corrected chi connectivity index (χ3v) is 4.96. The third-order valence-electron chi connectivity index (χ3n) is 4.96. The summed E-state index contributed by atoms with van der Waals surface area (Å²) in [4.78, 5) is 24.8. The summed E-state index contributed by atoms with van der Waals surface area (Å²) in [6.07, 6.45) is 5.40. The number of hydrogen-bond donors (Lipinski definition) is 1. The largest absolute Gasteiger partial charge is 0.451 e. The number of hydrogen-bond acceptors (Lipinski definition) is 3. The molecule has 0 atom stereocenters. The second kappa shape index (κ2) is 6.75. The van der Waals surface area contributed by atoms with Gasteiger partial charge in [0.05, 0.1) is 5.57 Å². The summed E-state index contributed by atoms with van der Waals surface area (Å²) >= 11 is 0. The van der Waals surface area contributed by atoms with E-state index in [1.807, 2.05) is 0 Å². The Hall–Kier alpha value is -2.17. The molecule has 1 fully saturated rings. The molecular formula is C19H22FNO3. The van der Waals surface area contributed by atoms with Crippen molar-refractivity contribution in [2.45, 2.75) is 57.6 Å². The number of ether oxygens (including phenoxy) is 1. The Kier molecular flexibility index (Phi) is 4.69. The fourth-order valence-electron chi connectivity index (χ4n) is 3.68. The van der Waals surface area contributed by atoms with E-state index >= 15 is 0 Å². The quantitative estimate of drug-likeness (QED) is 0.864. The topological polar surface area (TPSA) is 55.4 Å². The fourth-order valence-corrected chi connectivity index (χ4v) is 3.68. The highest BCUT2D eigenvalue weighted by molar-refractivity contribution is 6.07. The van der Waals surface area contributed by atoms with E-state index in [0.717, 1.165) is 25.7 Å². The molecule has 5 heteroatoms. The highest BCUT2D eigenvalue weighted by Crippen LogP contribution is 2.42. The molecule has 1 spiro atoms. The Bertz CT molecular complexity index is 688. The highest BCUT2D eigenvalue weighted by atomic mass is 19.1. The summed E-state index contributed by atoms with van der Waals surface area (Å²) in [7, 11) is 0. The maximum absolute atomic E-state index is 13.7. The van der Waals surface area contributed by atoms with Gasteiger partial charge in [-0.05, 0) is 38.7 Å². The molecule has 0 bridgehead atoms. The van der Waals surface area contributed by atoms with Gasteiger partial charge in [0.2, 0.25) is 0 Å². The number of benzene rings is 1. The van der Waals surface area contributed by atoms with Crippen molar-refractivity contribution in [3.05, 3.63) is 46.8 Å². The molecule has 1 amide bonds. The maximum atomic E-state index is 13.7. The normalized spacial score (nSPS) is 20.0. The van der Waals surface area contributed by atoms with Crippen LogP contribution in [0.2, 0.25) is 0 Å². The summed E-state index contributed by atoms with van der Waals surface area (Å²) in [5, 5.41) is 2.76. The molecule has 1 aliphatic carbocycles. The van der Waals surface area contributed by atoms with E-state index in [4.69, 9.17) is 4.74 Å². The van der Waals surface area contributed by atoms with Crippen molar-refractivity contribution < 1.29 is 18.7 Å². The van der Waals surface area contributed by atoms with Gasteiger partial charge in [-0.2, -0.15) is 0 Å². The minimum atomic E-state index is -0.795. The Labute approximate surface area is 141 Å². The molecule has 2 aliphatic rings. The second-order valence-corrected chi connectivity index (χ2v) is 6.57. The first kappa shape index (κ1) is 16.7. The zero-order valence-electron chi connectivity index (χ0n) is 13.9. The van der Waals surface area contributed by atoms with Crippen molar-refractivity contribution in [1.82, 2.24) is 5.32 Å². The van der Waals surface area contributed by atoms with Crippen LogP contribution in [0.15, 0.2) is 35.4 Å². The van der Waals surface area contributed by atoms with Gasteiger partial charge in [0.15, 0.2) is 0 Å². The molecule has 0 unspecified atom stereocenters. The van der Waals surface area contributed by atoms with Crippen molar-refractivity contribution in [2.24, 2.45) is 0 Å². The number of nitrogens with one attached hydrogen (secondary N) is 1. The first-order valence-electron chi connectivity index (χ1n) is 8.50. The summed E-state index contributed by atoms with van der Waals surface area (Å²) in [6, 6.07) is 6.33. The lowest BCUT2D eigenvalue weighted by molar-refractivity contribution is -0.148. The van der Waals surface area contributed by atoms with Gasteiger partial charge in [-0.25, -0.2) is 9.18 Å². The molecule has 4 nitrogen and oxygen atoms in total. The maximum Gasteiger partial charge on any atom is 0.335 e. The van der Waals surface area contributed by atoms with E-state index in [2.05, 4.69) is 5.32 Å². The minimum Gasteiger partial charge on any atom is -0.451 e. The van der Waals surface area contributed by atoms with Gasteiger partial charge < -0.3 is 10.1 Å². The second-order valence-electron chi connectivity index (χ2n) is 6.57. The molecule has 1 aromatic rings. The summed E-state index contributed by atoms with van der Waals surface area (Å²) in [5.74, 6) is -1.09. The van der Waals surface area contributed by atoms with Crippen LogP contribution in [0.5, 0.6) is 0 Å². The zero-order chi connectivity index (χ0) is 17.2. The average Bonchev–Trinajstić information content (AvgIpc) is 2.70. The molecule has 1 heterocycles. The smallest absolute Gasteiger partial charge is 0.335 e. The highest BCUT2D eigenvalue weighted by Gasteiger charge is 2.48. The summed E-state index contributed by atoms with van der Waals surface area (Å²) in [5.41, 5.74) is 0.440. The van der Waals surface area contributed by atoms with E-state index in [1.54, 1.807) is 25.1 Å². The predicted molar refractivity (Wildman–Crippen MR) is 87.5 cm³/mol. The van der Waals surface area contributed by atoms with Crippen LogP contribution in [0.25, 0.3) is 0 Å². The Balaban J connectivity index is 1.80. The third kappa shape index (κ3) is 3.07. The SMILES string of the molecule is CC1=C(C(=O)NCc2ccccc2F)C2(CCCCCC2)OC1=O. The Morgan fingerprint density at radius 3 is 2.54 bits per heavy atom. The van der Waals surface area contributed by atoms with Crippen LogP contribution in [-0.4, -0.2) is 17.5 Å². The van der Waals surface area contributed by atoms with Crippen LogP contribution >= 0.6 is 0 Å². The van der Waals surface area contributed by atoms with E-state index in [1.165, 1.54) is 6.07 Å². The Morgan fingerprint density at radius 2 is 1.88 bits per heavy atom. The molecule has 0 saturated heterocycles. The van der Waals surface area contributed by atoms with Crippen LogP contribution in [0, 0.1) is 5.82 Å². The van der Waals surface area contributed by atoms with Crippen LogP contribution < -0.4 is 5.32 Å². The molecule has 0 radical (unpaired) electrons. The van der Waals surface area contributed by atoms with E-state index in [-0.39, 0.29) is 18.3 Å². The van der Waals surface area contributed by atoms with Crippen molar-refractivity contribution in [2.75, 3.05) is 0 Å². The molecule has 0 aromatic heterocycles. The van der Waals surface area contributed by atoms with E-state index in [0.29, 0.717) is 29.6 Å². The number of rotatable bonds is 3. The molecule has 1 aliphatic heterocycles. The standard InChI is InChI=1S/C19H22FNO3/c1-13-16(17(22)21-12-14-8-4-5-9-15(14)20)19(24-18(13)23)10-6-2-3-7-11-19/h4-5,8-9H,2-3,6-7,10-12H2,1H3,(H,21,22). The molecule has 1 aromatic carbocycles. The molecule has 1 N–H and O–H groups in total. The van der Waals surface area contributed by atoms with Gasteiger partial charge in [-0.15, -0.1) is 0 Å². The van der Waals surface area contributed by atoms with Gasteiger partial charge in [0, 0.05) is 17.7 Å². The van der Waals surface area contributed by atoms with Crippen LogP contribution in [-0.2, 0) is 20.9 Å². The van der Waals surface area contributed by atoms with Crippen LogP contribution in [0.3, 0.4) is 0 Å². The van der Waals surface area contributed by atoms with Crippen molar-refractivity contribution in [3.8, 4) is 0 Å². The number of esters is 1. The molecule has 24 heavy (non-hydrogen) atoms. The van der Waals surface area contributed by atoms with Crippen LogP contribution in [0.1, 0.15) is 51.0 Å². The zero-order valence-corrected chi connectivity index (χ0v) is 13.9. The van der Waals surface area contributed by atoms with Gasteiger partial charge >= 0.3 is 5.97 Å². The lowest BCUT2D eigenvalue weighted by Crippen LogP contribution is -2.39. The van der Waals surface area contributed by atoms with Crippen molar-refractivity contribution in [3.63, 3.8) is 0 Å². The molecule has 3 rings (SSSR count). The average molecular weight is 331 g/mol. The fraction of sp³-hybridized carbons (Fsp3) is 0.474. The van der Waals surface area contributed by atoms with Crippen LogP contribution in [0.4, 0.5) is 4.39 Å². The summed E-state index contributed by atoms with van der Waals surface area (Å²) in [6.45, 7) is 1.73. The molecular weight excluding hydrogens is 309 g/mol. The van der Waals surface area contributed by atoms with Gasteiger partial charge in [-0.1, -0.05) is 31.0 Å². The lowest BCUT2D eigenvalue weighted by atomic mass is 9.84.